The zero-order chi connectivity index (χ0) is 17.8. The Labute approximate surface area is 144 Å². The lowest BCUT2D eigenvalue weighted by molar-refractivity contribution is 0.176. The second kappa shape index (κ2) is 7.38. The molecule has 132 valence electrons. The Hall–Kier alpha value is -2.83. The molecular weight excluding hydrogens is 325 g/mol. The third kappa shape index (κ3) is 3.99. The Morgan fingerprint density at radius 2 is 2.08 bits per heavy atom. The van der Waals surface area contributed by atoms with Crippen LogP contribution in [0.4, 0.5) is 14.9 Å². The van der Waals surface area contributed by atoms with Crippen LogP contribution in [0.5, 0.6) is 5.75 Å². The van der Waals surface area contributed by atoms with Gasteiger partial charge in [-0.05, 0) is 49.2 Å². The summed E-state index contributed by atoms with van der Waals surface area (Å²) in [7, 11) is 1.63. The molecule has 0 aliphatic carbocycles. The number of nitrogens with one attached hydrogen (secondary N) is 1. The fourth-order valence-corrected chi connectivity index (χ4v) is 2.88. The number of hydrogen-bond acceptors (Lipinski definition) is 3. The summed E-state index contributed by atoms with van der Waals surface area (Å²) < 4.78 is 20.0. The van der Waals surface area contributed by atoms with Gasteiger partial charge in [-0.2, -0.15) is 0 Å². The molecule has 25 heavy (non-hydrogen) atoms. The predicted octanol–water partition coefficient (Wildman–Crippen LogP) is 2.60. The van der Waals surface area contributed by atoms with E-state index in [1.165, 1.54) is 16.7 Å². The van der Waals surface area contributed by atoms with Crippen molar-refractivity contribution in [3.63, 3.8) is 0 Å². The molecule has 1 fully saturated rings. The fourth-order valence-electron chi connectivity index (χ4n) is 2.88. The Kier molecular flexibility index (Phi) is 5.02. The maximum Gasteiger partial charge on any atom is 0.322 e. The average molecular weight is 345 g/mol. The number of amides is 2. The van der Waals surface area contributed by atoms with Crippen molar-refractivity contribution in [1.29, 1.82) is 0 Å². The number of nitrogens with zero attached hydrogens (tertiary/aromatic N) is 2. The highest BCUT2D eigenvalue weighted by Crippen LogP contribution is 2.20. The zero-order valence-electron chi connectivity index (χ0n) is 13.9. The first-order valence-electron chi connectivity index (χ1n) is 8.16. The van der Waals surface area contributed by atoms with Gasteiger partial charge in [0.2, 0.25) is 0 Å². The van der Waals surface area contributed by atoms with E-state index < -0.39 is 0 Å². The van der Waals surface area contributed by atoms with Crippen molar-refractivity contribution >= 4 is 11.7 Å². The van der Waals surface area contributed by atoms with Gasteiger partial charge in [-0.15, -0.1) is 0 Å². The largest absolute Gasteiger partial charge is 0.491 e. The maximum absolute atomic E-state index is 12.9. The van der Waals surface area contributed by atoms with Crippen LogP contribution in [0, 0.1) is 5.82 Å². The number of ether oxygens (including phenoxy) is 1. The van der Waals surface area contributed by atoms with Crippen LogP contribution >= 0.6 is 0 Å². The smallest absolute Gasteiger partial charge is 0.322 e. The first-order valence-corrected chi connectivity index (χ1v) is 8.16. The molecule has 7 heteroatoms. The van der Waals surface area contributed by atoms with Crippen molar-refractivity contribution in [3.05, 3.63) is 58.8 Å². The number of benzene rings is 1. The molecule has 2 amide bonds. The molecule has 1 aliphatic rings. The number of hydrogen-bond donors (Lipinski definition) is 1. The summed E-state index contributed by atoms with van der Waals surface area (Å²) >= 11 is 0. The molecule has 3 rings (SSSR count). The molecule has 1 N–H and O–H groups in total. The summed E-state index contributed by atoms with van der Waals surface area (Å²) in [6, 6.07) is 8.67. The SMILES string of the molecule is Cn1cccc(NC(=O)N2CCC[C@H]2COc2ccc(F)cc2)c1=O. The van der Waals surface area contributed by atoms with E-state index in [1.807, 2.05) is 0 Å². The minimum atomic E-state index is -0.321. The summed E-state index contributed by atoms with van der Waals surface area (Å²) in [6.07, 6.45) is 3.33. The molecule has 0 bridgehead atoms. The van der Waals surface area contributed by atoms with Crippen LogP contribution < -0.4 is 15.6 Å². The Morgan fingerprint density at radius 1 is 1.32 bits per heavy atom. The molecule has 0 unspecified atom stereocenters. The van der Waals surface area contributed by atoms with Crippen LogP contribution in [0.1, 0.15) is 12.8 Å². The number of anilines is 1. The first kappa shape index (κ1) is 17.0. The quantitative estimate of drug-likeness (QED) is 0.926. The van der Waals surface area contributed by atoms with Crippen molar-refractivity contribution in [2.45, 2.75) is 18.9 Å². The summed E-state index contributed by atoms with van der Waals surface area (Å²) in [5.74, 6) is 0.240. The van der Waals surface area contributed by atoms with Crippen LogP contribution in [0.2, 0.25) is 0 Å². The van der Waals surface area contributed by atoms with E-state index in [0.717, 1.165) is 12.8 Å². The Morgan fingerprint density at radius 3 is 2.84 bits per heavy atom. The topological polar surface area (TPSA) is 63.6 Å². The standard InChI is InChI=1S/C18H20FN3O3/c1-21-10-3-5-16(17(21)23)20-18(24)22-11-2-4-14(22)12-25-15-8-6-13(19)7-9-15/h3,5-10,14H,2,4,11-12H2,1H3,(H,20,24)/t14-/m0/s1. The fraction of sp³-hybridized carbons (Fsp3) is 0.333. The van der Waals surface area contributed by atoms with E-state index in [2.05, 4.69) is 5.32 Å². The van der Waals surface area contributed by atoms with E-state index in [0.29, 0.717) is 18.9 Å². The van der Waals surface area contributed by atoms with Crippen LogP contribution in [0.15, 0.2) is 47.4 Å². The molecule has 1 aromatic carbocycles. The second-order valence-electron chi connectivity index (χ2n) is 6.02. The molecule has 1 aliphatic heterocycles. The van der Waals surface area contributed by atoms with Crippen molar-refractivity contribution in [1.82, 2.24) is 9.47 Å². The molecule has 1 saturated heterocycles. The normalized spacial score (nSPS) is 16.7. The van der Waals surface area contributed by atoms with Crippen LogP contribution in [-0.2, 0) is 7.05 Å². The highest BCUT2D eigenvalue weighted by atomic mass is 19.1. The van der Waals surface area contributed by atoms with Gasteiger partial charge >= 0.3 is 6.03 Å². The summed E-state index contributed by atoms with van der Waals surface area (Å²) in [5, 5.41) is 2.68. The van der Waals surface area contributed by atoms with Crippen LogP contribution in [0.3, 0.4) is 0 Å². The van der Waals surface area contributed by atoms with Gasteiger partial charge in [-0.3, -0.25) is 4.79 Å². The Bertz CT molecular complexity index is 804. The number of carbonyl (C=O) groups excluding carboxylic acids is 1. The van der Waals surface area contributed by atoms with Crippen molar-refractivity contribution in [2.75, 3.05) is 18.5 Å². The third-order valence-electron chi connectivity index (χ3n) is 4.26. The number of pyridine rings is 1. The summed E-state index contributed by atoms with van der Waals surface area (Å²) in [5.41, 5.74) is -0.00531. The Balaban J connectivity index is 1.62. The van der Waals surface area contributed by atoms with E-state index in [4.69, 9.17) is 4.74 Å². The lowest BCUT2D eigenvalue weighted by Crippen LogP contribution is -2.42. The molecule has 2 heterocycles. The van der Waals surface area contributed by atoms with E-state index in [1.54, 1.807) is 42.4 Å². The molecule has 2 aromatic rings. The molecule has 0 spiro atoms. The number of carbonyl (C=O) groups is 1. The van der Waals surface area contributed by atoms with E-state index in [-0.39, 0.29) is 29.1 Å². The number of aromatic nitrogens is 1. The number of rotatable bonds is 4. The minimum Gasteiger partial charge on any atom is -0.491 e. The van der Waals surface area contributed by atoms with Gasteiger partial charge in [0.1, 0.15) is 23.9 Å². The molecule has 0 saturated carbocycles. The molecule has 6 nitrogen and oxygen atoms in total. The summed E-state index contributed by atoms with van der Waals surface area (Å²) in [6.45, 7) is 0.933. The molecule has 1 atom stereocenters. The van der Waals surface area contributed by atoms with Gasteiger partial charge < -0.3 is 19.5 Å². The highest BCUT2D eigenvalue weighted by Gasteiger charge is 2.29. The van der Waals surface area contributed by atoms with Gasteiger partial charge in [0.05, 0.1) is 6.04 Å². The van der Waals surface area contributed by atoms with Gasteiger partial charge in [0.25, 0.3) is 5.56 Å². The highest BCUT2D eigenvalue weighted by molar-refractivity contribution is 5.89. The van der Waals surface area contributed by atoms with E-state index >= 15 is 0 Å². The van der Waals surface area contributed by atoms with Gasteiger partial charge in [-0.25, -0.2) is 9.18 Å². The van der Waals surface area contributed by atoms with Crippen molar-refractivity contribution < 1.29 is 13.9 Å². The minimum absolute atomic E-state index is 0.0855. The van der Waals surface area contributed by atoms with Gasteiger partial charge in [0, 0.05) is 19.8 Å². The molecule has 1 aromatic heterocycles. The lowest BCUT2D eigenvalue weighted by atomic mass is 10.2. The lowest BCUT2D eigenvalue weighted by Gasteiger charge is -2.25. The number of aryl methyl sites for hydroxylation is 1. The predicted molar refractivity (Wildman–Crippen MR) is 92.3 cm³/mol. The summed E-state index contributed by atoms with van der Waals surface area (Å²) in [4.78, 5) is 26.2. The van der Waals surface area contributed by atoms with E-state index in [9.17, 15) is 14.0 Å². The maximum atomic E-state index is 12.9. The zero-order valence-corrected chi connectivity index (χ0v) is 13.9. The monoisotopic (exact) mass is 345 g/mol. The molecular formula is C18H20FN3O3. The molecule has 0 radical (unpaired) electrons. The number of halogens is 1. The van der Waals surface area contributed by atoms with Crippen LogP contribution in [-0.4, -0.2) is 34.7 Å². The van der Waals surface area contributed by atoms with Crippen molar-refractivity contribution in [3.8, 4) is 5.75 Å². The first-order chi connectivity index (χ1) is 12.0. The van der Waals surface area contributed by atoms with Crippen LogP contribution in [0.25, 0.3) is 0 Å². The number of urea groups is 1. The second-order valence-corrected chi connectivity index (χ2v) is 6.02. The van der Waals surface area contributed by atoms with Gasteiger partial charge in [-0.1, -0.05) is 0 Å². The van der Waals surface area contributed by atoms with Gasteiger partial charge in [0.15, 0.2) is 0 Å². The average Bonchev–Trinajstić information content (AvgIpc) is 3.07. The third-order valence-corrected chi connectivity index (χ3v) is 4.26. The number of likely N-dealkylation sites (tertiary alicyclic amines) is 1. The van der Waals surface area contributed by atoms with Crippen molar-refractivity contribution in [2.24, 2.45) is 7.05 Å².